The molecule has 0 saturated carbocycles. The van der Waals surface area contributed by atoms with Crippen LogP contribution in [0.15, 0.2) is 30.3 Å². The number of hydrogen-bond acceptors (Lipinski definition) is 1. The molecule has 0 aliphatic carbocycles. The number of hydrogen-bond donors (Lipinski definition) is 1. The summed E-state index contributed by atoms with van der Waals surface area (Å²) < 4.78 is 0. The van der Waals surface area contributed by atoms with E-state index in [2.05, 4.69) is 0 Å². The van der Waals surface area contributed by atoms with E-state index in [4.69, 9.17) is 5.11 Å². The van der Waals surface area contributed by atoms with Gasteiger partial charge in [0.25, 0.3) is 0 Å². The molecule has 2 nitrogen and oxygen atoms in total. The van der Waals surface area contributed by atoms with Gasteiger partial charge in [0.2, 0.25) is 0 Å². The van der Waals surface area contributed by atoms with Crippen molar-refractivity contribution in [2.45, 2.75) is 0 Å². The standard InChI is InChI=1S/C7H6O2.Li.H/c8-7(9)6-4-2-1-3-5-6;;/h1-5H,(H,8,9);;/q;+1;-1. The molecule has 0 bridgehead atoms. The molecule has 0 unspecified atom stereocenters. The van der Waals surface area contributed by atoms with Crippen molar-refractivity contribution < 1.29 is 30.2 Å². The summed E-state index contributed by atoms with van der Waals surface area (Å²) in [4.78, 5) is 10.2. The predicted molar refractivity (Wildman–Crippen MR) is 34.5 cm³/mol. The summed E-state index contributed by atoms with van der Waals surface area (Å²) in [5.41, 5.74) is 0.331. The summed E-state index contributed by atoms with van der Waals surface area (Å²) in [6.45, 7) is 0. The van der Waals surface area contributed by atoms with E-state index in [9.17, 15) is 4.79 Å². The first-order valence-electron chi connectivity index (χ1n) is 2.59. The van der Waals surface area contributed by atoms with E-state index in [0.717, 1.165) is 0 Å². The maximum absolute atomic E-state index is 10.2. The molecular weight excluding hydrogens is 123 g/mol. The van der Waals surface area contributed by atoms with Gasteiger partial charge in [-0.05, 0) is 12.1 Å². The van der Waals surface area contributed by atoms with Gasteiger partial charge in [0.1, 0.15) is 0 Å². The third-order valence-electron chi connectivity index (χ3n) is 1.02. The van der Waals surface area contributed by atoms with Crippen LogP contribution in [0.2, 0.25) is 0 Å². The van der Waals surface area contributed by atoms with E-state index in [-0.39, 0.29) is 20.3 Å². The van der Waals surface area contributed by atoms with Crippen molar-refractivity contribution in [2.24, 2.45) is 0 Å². The van der Waals surface area contributed by atoms with Crippen LogP contribution in [0.4, 0.5) is 0 Å². The van der Waals surface area contributed by atoms with E-state index in [1.807, 2.05) is 0 Å². The van der Waals surface area contributed by atoms with Crippen LogP contribution in [0.5, 0.6) is 0 Å². The minimum absolute atomic E-state index is 0. The van der Waals surface area contributed by atoms with Crippen LogP contribution in [0.25, 0.3) is 0 Å². The molecule has 0 aliphatic rings. The second-order valence-corrected chi connectivity index (χ2v) is 1.67. The van der Waals surface area contributed by atoms with Gasteiger partial charge in [-0.1, -0.05) is 18.2 Å². The predicted octanol–water partition coefficient (Wildman–Crippen LogP) is -1.50. The average molecular weight is 130 g/mol. The molecule has 1 aromatic rings. The zero-order valence-corrected chi connectivity index (χ0v) is 5.74. The number of carboxylic acids is 1. The van der Waals surface area contributed by atoms with Gasteiger partial charge >= 0.3 is 24.8 Å². The van der Waals surface area contributed by atoms with Crippen LogP contribution in [0, 0.1) is 0 Å². The van der Waals surface area contributed by atoms with Gasteiger partial charge < -0.3 is 6.53 Å². The van der Waals surface area contributed by atoms with Gasteiger partial charge in [-0.15, -0.1) is 0 Å². The Kier molecular flexibility index (Phi) is 3.86. The van der Waals surface area contributed by atoms with Crippen LogP contribution >= 0.6 is 0 Å². The normalized spacial score (nSPS) is 8.00. The van der Waals surface area contributed by atoms with Crippen molar-refractivity contribution in [1.82, 2.24) is 0 Å². The minimum atomic E-state index is -0.879. The Morgan fingerprint density at radius 1 is 1.30 bits per heavy atom. The zero-order chi connectivity index (χ0) is 6.69. The molecule has 0 fully saturated rings. The topological polar surface area (TPSA) is 37.3 Å². The first-order chi connectivity index (χ1) is 4.30. The van der Waals surface area contributed by atoms with E-state index < -0.39 is 5.97 Å². The van der Waals surface area contributed by atoms with E-state index >= 15 is 0 Å². The van der Waals surface area contributed by atoms with E-state index in [0.29, 0.717) is 5.56 Å². The van der Waals surface area contributed by atoms with Crippen LogP contribution < -0.4 is 18.9 Å². The summed E-state index contributed by atoms with van der Waals surface area (Å²) in [6.07, 6.45) is 0. The van der Waals surface area contributed by atoms with Crippen molar-refractivity contribution in [1.29, 1.82) is 0 Å². The van der Waals surface area contributed by atoms with Crippen molar-refractivity contribution in [3.8, 4) is 0 Å². The Balaban J connectivity index is 0. The number of aromatic carboxylic acids is 1. The maximum Gasteiger partial charge on any atom is 1.00 e. The van der Waals surface area contributed by atoms with Crippen molar-refractivity contribution in [2.75, 3.05) is 0 Å². The fourth-order valence-corrected chi connectivity index (χ4v) is 0.581. The number of rotatable bonds is 1. The molecule has 0 amide bonds. The largest absolute Gasteiger partial charge is 1.00 e. The third kappa shape index (κ3) is 2.26. The molecule has 0 heterocycles. The van der Waals surface area contributed by atoms with Gasteiger partial charge in [-0.3, -0.25) is 0 Å². The van der Waals surface area contributed by atoms with E-state index in [1.165, 1.54) is 0 Å². The number of carbonyl (C=O) groups is 1. The second kappa shape index (κ2) is 4.16. The fraction of sp³-hybridized carbons (Fsp3) is 0. The molecule has 0 saturated heterocycles. The smallest absolute Gasteiger partial charge is 1.00 e. The van der Waals surface area contributed by atoms with Gasteiger partial charge in [-0.2, -0.15) is 0 Å². The van der Waals surface area contributed by atoms with Crippen LogP contribution in [0.1, 0.15) is 11.8 Å². The number of carboxylic acid groups (broad SMARTS) is 1. The summed E-state index contributed by atoms with van der Waals surface area (Å²) in [7, 11) is 0. The Morgan fingerprint density at radius 2 is 1.80 bits per heavy atom. The van der Waals surface area contributed by atoms with Gasteiger partial charge in [-0.25, -0.2) is 4.79 Å². The van der Waals surface area contributed by atoms with Crippen LogP contribution in [-0.4, -0.2) is 11.1 Å². The SMILES string of the molecule is O=C(O)c1ccccc1.[H-].[Li+]. The fourth-order valence-electron chi connectivity index (χ4n) is 0.581. The maximum atomic E-state index is 10.2. The minimum Gasteiger partial charge on any atom is -1.00 e. The monoisotopic (exact) mass is 130 g/mol. The average Bonchev–Trinajstić information content (AvgIpc) is 1.90. The van der Waals surface area contributed by atoms with Crippen molar-refractivity contribution in [3.63, 3.8) is 0 Å². The summed E-state index contributed by atoms with van der Waals surface area (Å²) in [5, 5.41) is 8.38. The molecule has 0 aromatic heterocycles. The molecule has 0 atom stereocenters. The van der Waals surface area contributed by atoms with Crippen LogP contribution in [-0.2, 0) is 0 Å². The molecule has 48 valence electrons. The molecule has 1 rings (SSSR count). The Labute approximate surface area is 72.5 Å². The first-order valence-corrected chi connectivity index (χ1v) is 2.59. The van der Waals surface area contributed by atoms with Gasteiger partial charge in [0, 0.05) is 0 Å². The van der Waals surface area contributed by atoms with E-state index in [1.54, 1.807) is 30.3 Å². The summed E-state index contributed by atoms with van der Waals surface area (Å²) >= 11 is 0. The molecule has 0 spiro atoms. The zero-order valence-electron chi connectivity index (χ0n) is 6.74. The molecule has 0 radical (unpaired) electrons. The molecule has 0 aliphatic heterocycles. The first kappa shape index (κ1) is 9.29. The van der Waals surface area contributed by atoms with Gasteiger partial charge in [0.15, 0.2) is 0 Å². The molecular formula is C7H7LiO2. The summed E-state index contributed by atoms with van der Waals surface area (Å²) in [6, 6.07) is 8.30. The molecule has 3 heteroatoms. The molecule has 10 heavy (non-hydrogen) atoms. The van der Waals surface area contributed by atoms with Crippen molar-refractivity contribution >= 4 is 5.97 Å². The summed E-state index contributed by atoms with van der Waals surface area (Å²) in [5.74, 6) is -0.879. The molecule has 1 N–H and O–H groups in total. The van der Waals surface area contributed by atoms with Gasteiger partial charge in [0.05, 0.1) is 5.56 Å². The van der Waals surface area contributed by atoms with Crippen molar-refractivity contribution in [3.05, 3.63) is 35.9 Å². The second-order valence-electron chi connectivity index (χ2n) is 1.67. The Bertz CT molecular complexity index is 213. The Hall–Kier alpha value is -0.713. The Morgan fingerprint density at radius 3 is 2.10 bits per heavy atom. The number of benzene rings is 1. The molecule has 1 aromatic carbocycles. The quantitative estimate of drug-likeness (QED) is 0.470. The third-order valence-corrected chi connectivity index (χ3v) is 1.02. The van der Waals surface area contributed by atoms with Crippen LogP contribution in [0.3, 0.4) is 0 Å².